The molecule has 2 N–H and O–H groups in total. The van der Waals surface area contributed by atoms with E-state index in [1.165, 1.54) is 24.3 Å². The summed E-state index contributed by atoms with van der Waals surface area (Å²) in [6.45, 7) is 3.78. The van der Waals surface area contributed by atoms with Crippen LogP contribution in [0.5, 0.6) is 0 Å². The Bertz CT molecular complexity index is 895. The lowest BCUT2D eigenvalue weighted by atomic mass is 9.98. The highest BCUT2D eigenvalue weighted by molar-refractivity contribution is 5.89. The third-order valence-corrected chi connectivity index (χ3v) is 6.00. The van der Waals surface area contributed by atoms with Crippen LogP contribution >= 0.6 is 0 Å². The van der Waals surface area contributed by atoms with Crippen LogP contribution in [0.1, 0.15) is 24.4 Å². The van der Waals surface area contributed by atoms with Crippen molar-refractivity contribution in [1.29, 1.82) is 0 Å². The molecular formula is C24H29FN4O3. The second-order valence-electron chi connectivity index (χ2n) is 8.17. The minimum atomic E-state index is -0.345. The summed E-state index contributed by atoms with van der Waals surface area (Å²) in [5.74, 6) is -0.233. The average Bonchev–Trinajstić information content (AvgIpc) is 2.83. The lowest BCUT2D eigenvalue weighted by Gasteiger charge is -2.40. The van der Waals surface area contributed by atoms with Crippen LogP contribution in [0.2, 0.25) is 0 Å². The van der Waals surface area contributed by atoms with Crippen molar-refractivity contribution in [3.63, 3.8) is 0 Å². The van der Waals surface area contributed by atoms with Crippen LogP contribution < -0.4 is 10.6 Å². The van der Waals surface area contributed by atoms with Crippen molar-refractivity contribution in [2.45, 2.75) is 24.9 Å². The minimum Gasteiger partial charge on any atom is -0.378 e. The summed E-state index contributed by atoms with van der Waals surface area (Å²) < 4.78 is 18.4. The van der Waals surface area contributed by atoms with E-state index in [9.17, 15) is 14.0 Å². The lowest BCUT2D eigenvalue weighted by Crippen LogP contribution is -2.51. The number of ether oxygens (including phenoxy) is 1. The number of urea groups is 1. The molecule has 0 aromatic heterocycles. The summed E-state index contributed by atoms with van der Waals surface area (Å²) in [5.41, 5.74) is 1.53. The van der Waals surface area contributed by atoms with Gasteiger partial charge in [0.15, 0.2) is 0 Å². The quantitative estimate of drug-likeness (QED) is 0.750. The molecule has 1 unspecified atom stereocenters. The zero-order chi connectivity index (χ0) is 22.3. The van der Waals surface area contributed by atoms with Gasteiger partial charge in [-0.05, 0) is 42.7 Å². The van der Waals surface area contributed by atoms with Gasteiger partial charge in [0, 0.05) is 37.9 Å². The highest BCUT2D eigenvalue weighted by Gasteiger charge is 2.34. The van der Waals surface area contributed by atoms with Gasteiger partial charge in [0.05, 0.1) is 13.2 Å². The number of benzene rings is 2. The molecule has 2 saturated heterocycles. The fourth-order valence-corrected chi connectivity index (χ4v) is 4.29. The third kappa shape index (κ3) is 5.63. The Kier molecular flexibility index (Phi) is 7.34. The van der Waals surface area contributed by atoms with Crippen LogP contribution in [-0.4, -0.2) is 67.2 Å². The van der Waals surface area contributed by atoms with Crippen LogP contribution in [0.3, 0.4) is 0 Å². The monoisotopic (exact) mass is 440 g/mol. The van der Waals surface area contributed by atoms with E-state index >= 15 is 0 Å². The van der Waals surface area contributed by atoms with Crippen LogP contribution in [0.25, 0.3) is 0 Å². The number of amides is 3. The first-order valence-corrected chi connectivity index (χ1v) is 11.1. The number of halogens is 1. The predicted octanol–water partition coefficient (Wildman–Crippen LogP) is 3.01. The Balaban J connectivity index is 1.36. The van der Waals surface area contributed by atoms with Crippen molar-refractivity contribution in [2.24, 2.45) is 0 Å². The molecule has 3 amide bonds. The van der Waals surface area contributed by atoms with E-state index in [1.807, 2.05) is 35.2 Å². The third-order valence-electron chi connectivity index (χ3n) is 6.00. The molecule has 2 aromatic rings. The van der Waals surface area contributed by atoms with Crippen LogP contribution in [0.15, 0.2) is 54.6 Å². The smallest absolute Gasteiger partial charge is 0.319 e. The van der Waals surface area contributed by atoms with Crippen molar-refractivity contribution < 1.29 is 18.7 Å². The highest BCUT2D eigenvalue weighted by atomic mass is 19.1. The Morgan fingerprint density at radius 2 is 1.59 bits per heavy atom. The second kappa shape index (κ2) is 10.6. The zero-order valence-corrected chi connectivity index (χ0v) is 18.0. The summed E-state index contributed by atoms with van der Waals surface area (Å²) >= 11 is 0. The molecule has 4 rings (SSSR count). The number of hydrogen-bond acceptors (Lipinski definition) is 4. The predicted molar refractivity (Wildman–Crippen MR) is 120 cm³/mol. The van der Waals surface area contributed by atoms with Gasteiger partial charge < -0.3 is 20.3 Å². The molecule has 2 aliphatic heterocycles. The van der Waals surface area contributed by atoms with E-state index in [0.29, 0.717) is 45.1 Å². The number of rotatable bonds is 5. The molecule has 0 aliphatic carbocycles. The fourth-order valence-electron chi connectivity index (χ4n) is 4.29. The van der Waals surface area contributed by atoms with E-state index in [2.05, 4.69) is 15.5 Å². The maximum atomic E-state index is 13.4. The maximum Gasteiger partial charge on any atom is 0.319 e. The topological polar surface area (TPSA) is 73.9 Å². The second-order valence-corrected chi connectivity index (χ2v) is 8.17. The van der Waals surface area contributed by atoms with E-state index in [4.69, 9.17) is 4.74 Å². The molecule has 0 saturated carbocycles. The fraction of sp³-hybridized carbons (Fsp3) is 0.417. The molecule has 2 aromatic carbocycles. The SMILES string of the molecule is O=C(Nc1ccc(F)cc1)NC1CCN(C(C(=O)N2CCOCC2)c2ccccc2)CC1. The molecular weight excluding hydrogens is 411 g/mol. The molecule has 170 valence electrons. The number of morpholine rings is 1. The molecule has 0 spiro atoms. The standard InChI is InChI=1S/C24H29FN4O3/c25-19-6-8-20(9-7-19)26-24(31)27-21-10-12-28(13-11-21)22(18-4-2-1-3-5-18)23(30)29-14-16-32-17-15-29/h1-9,21-22H,10-17H2,(H2,26,27,31). The first-order chi connectivity index (χ1) is 15.6. The summed E-state index contributed by atoms with van der Waals surface area (Å²) in [6.07, 6.45) is 1.49. The number of carbonyl (C=O) groups excluding carboxylic acids is 2. The van der Waals surface area contributed by atoms with E-state index in [0.717, 1.165) is 18.4 Å². The van der Waals surface area contributed by atoms with Gasteiger partial charge >= 0.3 is 6.03 Å². The summed E-state index contributed by atoms with van der Waals surface area (Å²) in [7, 11) is 0. The molecule has 32 heavy (non-hydrogen) atoms. The number of anilines is 1. The Morgan fingerprint density at radius 3 is 2.25 bits per heavy atom. The molecule has 1 atom stereocenters. The van der Waals surface area contributed by atoms with E-state index in [-0.39, 0.29) is 29.8 Å². The largest absolute Gasteiger partial charge is 0.378 e. The molecule has 2 fully saturated rings. The zero-order valence-electron chi connectivity index (χ0n) is 18.0. The van der Waals surface area contributed by atoms with Crippen LogP contribution in [-0.2, 0) is 9.53 Å². The van der Waals surface area contributed by atoms with E-state index < -0.39 is 0 Å². The van der Waals surface area contributed by atoms with Crippen LogP contribution in [0, 0.1) is 5.82 Å². The number of hydrogen-bond donors (Lipinski definition) is 2. The van der Waals surface area contributed by atoms with Crippen molar-refractivity contribution in [2.75, 3.05) is 44.7 Å². The van der Waals surface area contributed by atoms with Gasteiger partial charge in [-0.15, -0.1) is 0 Å². The Hall–Kier alpha value is -2.97. The average molecular weight is 441 g/mol. The number of piperidine rings is 1. The first-order valence-electron chi connectivity index (χ1n) is 11.1. The van der Waals surface area contributed by atoms with Gasteiger partial charge in [0.1, 0.15) is 11.9 Å². The molecule has 2 heterocycles. The summed E-state index contributed by atoms with van der Waals surface area (Å²) in [5, 5.41) is 5.73. The minimum absolute atomic E-state index is 0.0154. The van der Waals surface area contributed by atoms with Crippen molar-refractivity contribution in [3.05, 3.63) is 66.0 Å². The number of nitrogens with one attached hydrogen (secondary N) is 2. The molecule has 7 nitrogen and oxygen atoms in total. The lowest BCUT2D eigenvalue weighted by molar-refractivity contribution is -0.142. The van der Waals surface area contributed by atoms with Gasteiger partial charge in [-0.25, -0.2) is 9.18 Å². The molecule has 2 aliphatic rings. The Labute approximate surface area is 187 Å². The Morgan fingerprint density at radius 1 is 0.938 bits per heavy atom. The van der Waals surface area contributed by atoms with E-state index in [1.54, 1.807) is 0 Å². The van der Waals surface area contributed by atoms with Gasteiger partial charge in [-0.2, -0.15) is 0 Å². The summed E-state index contributed by atoms with van der Waals surface area (Å²) in [4.78, 5) is 29.8. The van der Waals surface area contributed by atoms with Gasteiger partial charge in [-0.3, -0.25) is 9.69 Å². The van der Waals surface area contributed by atoms with Gasteiger partial charge in [0.25, 0.3) is 0 Å². The number of carbonyl (C=O) groups is 2. The van der Waals surface area contributed by atoms with Crippen LogP contribution in [0.4, 0.5) is 14.9 Å². The maximum absolute atomic E-state index is 13.4. The molecule has 0 radical (unpaired) electrons. The number of likely N-dealkylation sites (tertiary alicyclic amines) is 1. The highest BCUT2D eigenvalue weighted by Crippen LogP contribution is 2.27. The first kappa shape index (κ1) is 22.2. The van der Waals surface area contributed by atoms with Crippen molar-refractivity contribution in [3.8, 4) is 0 Å². The normalized spacial score (nSPS) is 18.7. The summed E-state index contributed by atoms with van der Waals surface area (Å²) in [6, 6.07) is 14.9. The number of nitrogens with zero attached hydrogens (tertiary/aromatic N) is 2. The van der Waals surface area contributed by atoms with Gasteiger partial charge in [-0.1, -0.05) is 30.3 Å². The van der Waals surface area contributed by atoms with Gasteiger partial charge in [0.2, 0.25) is 5.91 Å². The van der Waals surface area contributed by atoms with Crippen molar-refractivity contribution >= 4 is 17.6 Å². The molecule has 8 heteroatoms. The van der Waals surface area contributed by atoms with Crippen molar-refractivity contribution in [1.82, 2.24) is 15.1 Å². The molecule has 0 bridgehead atoms.